The first-order valence-electron chi connectivity index (χ1n) is 5.40. The van der Waals surface area contributed by atoms with Gasteiger partial charge in [0, 0.05) is 21.8 Å². The maximum Gasteiger partial charge on any atom is 0.227 e. The van der Waals surface area contributed by atoms with Crippen LogP contribution in [0.25, 0.3) is 0 Å². The molecule has 0 fully saturated rings. The molecule has 0 bridgehead atoms. The SMILES string of the molecule is CCCC(C)C(=O)Nc1ccc(Br)c(N)c1. The number of anilines is 2. The van der Waals surface area contributed by atoms with Gasteiger partial charge in [-0.25, -0.2) is 0 Å². The van der Waals surface area contributed by atoms with Crippen molar-refractivity contribution >= 4 is 33.2 Å². The van der Waals surface area contributed by atoms with Crippen LogP contribution in [0, 0.1) is 5.92 Å². The van der Waals surface area contributed by atoms with Crippen LogP contribution in [-0.4, -0.2) is 5.91 Å². The molecule has 16 heavy (non-hydrogen) atoms. The van der Waals surface area contributed by atoms with Gasteiger partial charge in [0.05, 0.1) is 0 Å². The zero-order valence-corrected chi connectivity index (χ0v) is 11.2. The normalized spacial score (nSPS) is 12.2. The Bertz CT molecular complexity index is 379. The maximum absolute atomic E-state index is 11.7. The minimum atomic E-state index is 0.0369. The Balaban J connectivity index is 2.66. The summed E-state index contributed by atoms with van der Waals surface area (Å²) in [4.78, 5) is 11.7. The van der Waals surface area contributed by atoms with Crippen LogP contribution in [0.5, 0.6) is 0 Å². The molecule has 1 rings (SSSR count). The van der Waals surface area contributed by atoms with E-state index < -0.39 is 0 Å². The highest BCUT2D eigenvalue weighted by molar-refractivity contribution is 9.10. The molecule has 1 unspecified atom stereocenters. The minimum Gasteiger partial charge on any atom is -0.398 e. The molecule has 3 N–H and O–H groups in total. The average molecular weight is 285 g/mol. The van der Waals surface area contributed by atoms with E-state index in [9.17, 15) is 4.79 Å². The topological polar surface area (TPSA) is 55.1 Å². The van der Waals surface area contributed by atoms with Crippen LogP contribution >= 0.6 is 15.9 Å². The fourth-order valence-corrected chi connectivity index (χ4v) is 1.70. The Morgan fingerprint density at radius 2 is 2.25 bits per heavy atom. The standard InChI is InChI=1S/C12H17BrN2O/c1-3-4-8(2)12(16)15-9-5-6-10(13)11(14)7-9/h5-8H,3-4,14H2,1-2H3,(H,15,16). The number of amides is 1. The van der Waals surface area contributed by atoms with Crippen LogP contribution in [0.1, 0.15) is 26.7 Å². The van der Waals surface area contributed by atoms with Crippen molar-refractivity contribution in [3.63, 3.8) is 0 Å². The summed E-state index contributed by atoms with van der Waals surface area (Å²) in [7, 11) is 0. The predicted molar refractivity (Wildman–Crippen MR) is 71.3 cm³/mol. The van der Waals surface area contributed by atoms with Crippen molar-refractivity contribution in [3.8, 4) is 0 Å². The number of carbonyl (C=O) groups is 1. The fraction of sp³-hybridized carbons (Fsp3) is 0.417. The first-order valence-corrected chi connectivity index (χ1v) is 6.19. The Hall–Kier alpha value is -1.03. The smallest absolute Gasteiger partial charge is 0.227 e. The lowest BCUT2D eigenvalue weighted by atomic mass is 10.1. The van der Waals surface area contributed by atoms with Gasteiger partial charge in [0.25, 0.3) is 0 Å². The molecule has 0 aliphatic heterocycles. The molecule has 1 atom stereocenters. The van der Waals surface area contributed by atoms with Crippen LogP contribution in [0.3, 0.4) is 0 Å². The predicted octanol–water partition coefficient (Wildman–Crippen LogP) is 3.41. The fourth-order valence-electron chi connectivity index (χ4n) is 1.45. The largest absolute Gasteiger partial charge is 0.398 e. The molecule has 0 aromatic heterocycles. The number of hydrogen-bond donors (Lipinski definition) is 2. The molecule has 0 saturated carbocycles. The third-order valence-corrected chi connectivity index (χ3v) is 3.15. The van der Waals surface area contributed by atoms with E-state index in [1.54, 1.807) is 6.07 Å². The highest BCUT2D eigenvalue weighted by Crippen LogP contribution is 2.23. The van der Waals surface area contributed by atoms with E-state index in [2.05, 4.69) is 28.2 Å². The maximum atomic E-state index is 11.7. The van der Waals surface area contributed by atoms with E-state index in [0.717, 1.165) is 23.0 Å². The Morgan fingerprint density at radius 3 is 2.81 bits per heavy atom. The summed E-state index contributed by atoms with van der Waals surface area (Å²) in [5.41, 5.74) is 7.10. The minimum absolute atomic E-state index is 0.0369. The van der Waals surface area contributed by atoms with Crippen LogP contribution < -0.4 is 11.1 Å². The Kier molecular flexibility index (Phi) is 4.80. The molecule has 1 amide bonds. The van der Waals surface area contributed by atoms with Crippen molar-refractivity contribution in [2.45, 2.75) is 26.7 Å². The van der Waals surface area contributed by atoms with Crippen molar-refractivity contribution in [2.75, 3.05) is 11.1 Å². The van der Waals surface area contributed by atoms with E-state index in [4.69, 9.17) is 5.73 Å². The third-order valence-electron chi connectivity index (χ3n) is 2.43. The summed E-state index contributed by atoms with van der Waals surface area (Å²) in [6.07, 6.45) is 1.91. The first kappa shape index (κ1) is 13.0. The van der Waals surface area contributed by atoms with Gasteiger partial charge in [0.1, 0.15) is 0 Å². The lowest BCUT2D eigenvalue weighted by molar-refractivity contribution is -0.119. The molecule has 1 aromatic rings. The highest BCUT2D eigenvalue weighted by Gasteiger charge is 2.11. The van der Waals surface area contributed by atoms with Gasteiger partial charge in [-0.3, -0.25) is 4.79 Å². The van der Waals surface area contributed by atoms with Crippen molar-refractivity contribution in [3.05, 3.63) is 22.7 Å². The lowest BCUT2D eigenvalue weighted by Gasteiger charge is -2.11. The van der Waals surface area contributed by atoms with E-state index in [-0.39, 0.29) is 11.8 Å². The molecular formula is C12H17BrN2O. The molecule has 4 heteroatoms. The number of hydrogen-bond acceptors (Lipinski definition) is 2. The van der Waals surface area contributed by atoms with Gasteiger partial charge in [-0.1, -0.05) is 20.3 Å². The summed E-state index contributed by atoms with van der Waals surface area (Å²) >= 11 is 3.31. The van der Waals surface area contributed by atoms with Crippen LogP contribution in [0.15, 0.2) is 22.7 Å². The van der Waals surface area contributed by atoms with Crippen LogP contribution in [0.4, 0.5) is 11.4 Å². The molecule has 1 aromatic carbocycles. The number of carbonyl (C=O) groups excluding carboxylic acids is 1. The van der Waals surface area contributed by atoms with Gasteiger partial charge < -0.3 is 11.1 Å². The zero-order chi connectivity index (χ0) is 12.1. The van der Waals surface area contributed by atoms with Gasteiger partial charge in [-0.15, -0.1) is 0 Å². The number of nitrogens with one attached hydrogen (secondary N) is 1. The average Bonchev–Trinajstić information content (AvgIpc) is 2.24. The van der Waals surface area contributed by atoms with Crippen molar-refractivity contribution in [2.24, 2.45) is 5.92 Å². The highest BCUT2D eigenvalue weighted by atomic mass is 79.9. The Morgan fingerprint density at radius 1 is 1.56 bits per heavy atom. The number of halogens is 1. The quantitative estimate of drug-likeness (QED) is 0.833. The molecule has 0 aliphatic rings. The summed E-state index contributed by atoms with van der Waals surface area (Å²) < 4.78 is 0.840. The third kappa shape index (κ3) is 3.52. The number of nitrogen functional groups attached to an aromatic ring is 1. The van der Waals surface area contributed by atoms with Crippen molar-refractivity contribution < 1.29 is 4.79 Å². The molecule has 0 saturated heterocycles. The summed E-state index contributed by atoms with van der Waals surface area (Å²) in [5, 5.41) is 2.85. The lowest BCUT2D eigenvalue weighted by Crippen LogP contribution is -2.20. The second-order valence-electron chi connectivity index (χ2n) is 3.92. The number of benzene rings is 1. The zero-order valence-electron chi connectivity index (χ0n) is 9.59. The molecule has 3 nitrogen and oxygen atoms in total. The molecule has 0 spiro atoms. The van der Waals surface area contributed by atoms with Gasteiger partial charge >= 0.3 is 0 Å². The van der Waals surface area contributed by atoms with Gasteiger partial charge in [-0.2, -0.15) is 0 Å². The second-order valence-corrected chi connectivity index (χ2v) is 4.77. The second kappa shape index (κ2) is 5.89. The van der Waals surface area contributed by atoms with Gasteiger partial charge in [-0.05, 0) is 40.5 Å². The number of nitrogens with two attached hydrogens (primary N) is 1. The summed E-state index contributed by atoms with van der Waals surface area (Å²) in [6, 6.07) is 5.41. The van der Waals surface area contributed by atoms with E-state index >= 15 is 0 Å². The molecule has 0 aliphatic carbocycles. The molecule has 0 heterocycles. The van der Waals surface area contributed by atoms with Gasteiger partial charge in [0.15, 0.2) is 0 Å². The van der Waals surface area contributed by atoms with Crippen molar-refractivity contribution in [1.29, 1.82) is 0 Å². The van der Waals surface area contributed by atoms with Crippen LogP contribution in [0.2, 0.25) is 0 Å². The monoisotopic (exact) mass is 284 g/mol. The Labute approximate surface area is 105 Å². The van der Waals surface area contributed by atoms with E-state index in [0.29, 0.717) is 5.69 Å². The number of rotatable bonds is 4. The summed E-state index contributed by atoms with van der Waals surface area (Å²) in [5.74, 6) is 0.0819. The van der Waals surface area contributed by atoms with Crippen LogP contribution in [-0.2, 0) is 4.79 Å². The molecule has 0 radical (unpaired) electrons. The molecular weight excluding hydrogens is 268 g/mol. The summed E-state index contributed by atoms with van der Waals surface area (Å²) in [6.45, 7) is 4.00. The molecule has 88 valence electrons. The van der Waals surface area contributed by atoms with E-state index in [1.807, 2.05) is 19.1 Å². The first-order chi connectivity index (χ1) is 7.54. The van der Waals surface area contributed by atoms with Gasteiger partial charge in [0.2, 0.25) is 5.91 Å². The van der Waals surface area contributed by atoms with Crippen molar-refractivity contribution in [1.82, 2.24) is 0 Å². The van der Waals surface area contributed by atoms with E-state index in [1.165, 1.54) is 0 Å².